The molecule has 1 saturated heterocycles. The number of benzene rings is 2. The second-order valence-electron chi connectivity index (χ2n) is 7.63. The Balaban J connectivity index is 1.68. The maximum absolute atomic E-state index is 12.3. The second kappa shape index (κ2) is 9.72. The van der Waals surface area contributed by atoms with Gasteiger partial charge in [-0.3, -0.25) is 4.18 Å². The lowest BCUT2D eigenvalue weighted by molar-refractivity contribution is 0.122. The van der Waals surface area contributed by atoms with E-state index in [0.29, 0.717) is 49.2 Å². The van der Waals surface area contributed by atoms with Crippen molar-refractivity contribution in [2.45, 2.75) is 24.7 Å². The van der Waals surface area contributed by atoms with Gasteiger partial charge in [-0.05, 0) is 29.7 Å². The van der Waals surface area contributed by atoms with E-state index in [4.69, 9.17) is 23.9 Å². The molecule has 1 fully saturated rings. The molecule has 9 heteroatoms. The van der Waals surface area contributed by atoms with Crippen LogP contribution in [-0.2, 0) is 31.9 Å². The van der Waals surface area contributed by atoms with Crippen LogP contribution in [0.3, 0.4) is 0 Å². The number of aromatic nitrogens is 3. The first-order valence-corrected chi connectivity index (χ1v) is 11.9. The van der Waals surface area contributed by atoms with Crippen LogP contribution >= 0.6 is 0 Å². The number of hydrogen-bond acceptors (Lipinski definition) is 8. The van der Waals surface area contributed by atoms with Crippen molar-refractivity contribution in [1.82, 2.24) is 15.0 Å². The zero-order valence-corrected chi connectivity index (χ0v) is 19.0. The Morgan fingerprint density at radius 1 is 0.938 bits per heavy atom. The van der Waals surface area contributed by atoms with Gasteiger partial charge in [0.25, 0.3) is 10.1 Å². The number of morpholine rings is 1. The van der Waals surface area contributed by atoms with Crippen molar-refractivity contribution in [2.24, 2.45) is 0 Å². The van der Waals surface area contributed by atoms with Gasteiger partial charge in [0, 0.05) is 25.9 Å². The maximum atomic E-state index is 12.3. The van der Waals surface area contributed by atoms with Crippen molar-refractivity contribution in [1.29, 1.82) is 0 Å². The molecule has 1 aromatic heterocycles. The van der Waals surface area contributed by atoms with Crippen LogP contribution < -0.4 is 4.90 Å². The zero-order valence-electron chi connectivity index (χ0n) is 18.2. The third kappa shape index (κ3) is 5.29. The van der Waals surface area contributed by atoms with Gasteiger partial charge in [0.15, 0.2) is 0 Å². The van der Waals surface area contributed by atoms with Crippen LogP contribution in [0.25, 0.3) is 0 Å². The van der Waals surface area contributed by atoms with Crippen LogP contribution in [0.5, 0.6) is 0 Å². The van der Waals surface area contributed by atoms with E-state index in [2.05, 4.69) is 4.90 Å². The number of rotatable bonds is 7. The van der Waals surface area contributed by atoms with Crippen LogP contribution in [0, 0.1) is 6.92 Å². The molecule has 0 aliphatic carbocycles. The van der Waals surface area contributed by atoms with E-state index >= 15 is 0 Å². The van der Waals surface area contributed by atoms with Crippen LogP contribution in [0.4, 0.5) is 5.95 Å². The third-order valence-electron chi connectivity index (χ3n) is 5.32. The van der Waals surface area contributed by atoms with E-state index in [0.717, 1.165) is 31.3 Å². The molecule has 2 aromatic carbocycles. The Morgan fingerprint density at radius 3 is 2.25 bits per heavy atom. The summed E-state index contributed by atoms with van der Waals surface area (Å²) in [7, 11) is -2.63. The number of hydrogen-bond donors (Lipinski definition) is 0. The standard InChI is InChI=1S/C23H26N4O4S/c1-17-8-9-19(14-20(17)32(28,29)30-2)16-22-24-21(15-18-6-4-3-5-7-18)25-23(26-22)27-10-12-31-13-11-27/h3-9,14H,10-13,15-16H2,1-2H3. The second-order valence-corrected chi connectivity index (χ2v) is 9.31. The Hall–Kier alpha value is -2.88. The molecule has 0 radical (unpaired) electrons. The zero-order chi connectivity index (χ0) is 22.6. The Bertz CT molecular complexity index is 1180. The smallest absolute Gasteiger partial charge is 0.296 e. The minimum atomic E-state index is -3.79. The molecule has 0 spiro atoms. The van der Waals surface area contributed by atoms with Crippen LogP contribution in [0.2, 0.25) is 0 Å². The van der Waals surface area contributed by atoms with Crippen molar-refractivity contribution < 1.29 is 17.3 Å². The fourth-order valence-corrected chi connectivity index (χ4v) is 4.53. The molecular formula is C23H26N4O4S. The molecule has 32 heavy (non-hydrogen) atoms. The minimum Gasteiger partial charge on any atom is -0.378 e. The fraction of sp³-hybridized carbons (Fsp3) is 0.348. The predicted octanol–water partition coefficient (Wildman–Crippen LogP) is 2.53. The van der Waals surface area contributed by atoms with Crippen LogP contribution in [-0.4, -0.2) is 56.8 Å². The van der Waals surface area contributed by atoms with Gasteiger partial charge in [0.2, 0.25) is 5.95 Å². The average molecular weight is 455 g/mol. The lowest BCUT2D eigenvalue weighted by Gasteiger charge is -2.27. The molecule has 1 aliphatic rings. The summed E-state index contributed by atoms with van der Waals surface area (Å²) in [5.41, 5.74) is 2.53. The molecule has 2 heterocycles. The highest BCUT2D eigenvalue weighted by Gasteiger charge is 2.19. The molecule has 4 rings (SSSR count). The number of ether oxygens (including phenoxy) is 1. The normalized spacial score (nSPS) is 14.5. The largest absolute Gasteiger partial charge is 0.378 e. The predicted molar refractivity (Wildman–Crippen MR) is 120 cm³/mol. The molecule has 168 valence electrons. The SMILES string of the molecule is COS(=O)(=O)c1cc(Cc2nc(Cc3ccccc3)nc(N3CCOCC3)n2)ccc1C. The molecule has 0 amide bonds. The molecule has 0 N–H and O–H groups in total. The lowest BCUT2D eigenvalue weighted by Crippen LogP contribution is -2.37. The van der Waals surface area contributed by atoms with E-state index in [1.54, 1.807) is 19.1 Å². The van der Waals surface area contributed by atoms with Gasteiger partial charge < -0.3 is 9.64 Å². The lowest BCUT2D eigenvalue weighted by atomic mass is 10.1. The van der Waals surface area contributed by atoms with E-state index in [-0.39, 0.29) is 4.90 Å². The molecular weight excluding hydrogens is 428 g/mol. The molecule has 1 aliphatic heterocycles. The first-order chi connectivity index (χ1) is 15.4. The van der Waals surface area contributed by atoms with E-state index < -0.39 is 10.1 Å². The Morgan fingerprint density at radius 2 is 1.59 bits per heavy atom. The summed E-state index contributed by atoms with van der Waals surface area (Å²) in [6, 6.07) is 15.3. The van der Waals surface area contributed by atoms with Crippen molar-refractivity contribution in [3.05, 3.63) is 76.9 Å². The summed E-state index contributed by atoms with van der Waals surface area (Å²) in [4.78, 5) is 16.4. The monoisotopic (exact) mass is 454 g/mol. The summed E-state index contributed by atoms with van der Waals surface area (Å²) in [6.07, 6.45) is 0.971. The summed E-state index contributed by atoms with van der Waals surface area (Å²) in [6.45, 7) is 4.44. The van der Waals surface area contributed by atoms with Crippen molar-refractivity contribution in [3.63, 3.8) is 0 Å². The minimum absolute atomic E-state index is 0.157. The summed E-state index contributed by atoms with van der Waals surface area (Å²) < 4.78 is 34.7. The molecule has 8 nitrogen and oxygen atoms in total. The van der Waals surface area contributed by atoms with E-state index in [9.17, 15) is 8.42 Å². The van der Waals surface area contributed by atoms with E-state index in [1.807, 2.05) is 36.4 Å². The van der Waals surface area contributed by atoms with Gasteiger partial charge in [0.05, 0.1) is 25.2 Å². The van der Waals surface area contributed by atoms with Gasteiger partial charge >= 0.3 is 0 Å². The Kier molecular flexibility index (Phi) is 6.78. The number of aryl methyl sites for hydroxylation is 1. The molecule has 0 atom stereocenters. The molecule has 0 saturated carbocycles. The van der Waals surface area contributed by atoms with Gasteiger partial charge in [-0.15, -0.1) is 0 Å². The fourth-order valence-electron chi connectivity index (χ4n) is 3.59. The van der Waals surface area contributed by atoms with Crippen molar-refractivity contribution >= 4 is 16.1 Å². The van der Waals surface area contributed by atoms with Gasteiger partial charge in [-0.25, -0.2) is 4.98 Å². The highest BCUT2D eigenvalue weighted by atomic mass is 32.2. The highest BCUT2D eigenvalue weighted by molar-refractivity contribution is 7.86. The van der Waals surface area contributed by atoms with Crippen LogP contribution in [0.1, 0.15) is 28.3 Å². The van der Waals surface area contributed by atoms with Gasteiger partial charge in [-0.1, -0.05) is 42.5 Å². The summed E-state index contributed by atoms with van der Waals surface area (Å²) in [5, 5.41) is 0. The third-order valence-corrected chi connectivity index (χ3v) is 6.74. The molecule has 3 aromatic rings. The average Bonchev–Trinajstić information content (AvgIpc) is 2.81. The topological polar surface area (TPSA) is 94.5 Å². The molecule has 0 unspecified atom stereocenters. The molecule has 0 bridgehead atoms. The quantitative estimate of drug-likeness (QED) is 0.503. The Labute approximate surface area is 188 Å². The first-order valence-electron chi connectivity index (χ1n) is 10.5. The van der Waals surface area contributed by atoms with Gasteiger partial charge in [0.1, 0.15) is 11.6 Å². The van der Waals surface area contributed by atoms with Crippen LogP contribution in [0.15, 0.2) is 53.4 Å². The van der Waals surface area contributed by atoms with E-state index in [1.165, 1.54) is 0 Å². The number of anilines is 1. The maximum Gasteiger partial charge on any atom is 0.296 e. The van der Waals surface area contributed by atoms with Crippen molar-refractivity contribution in [2.75, 3.05) is 38.3 Å². The highest BCUT2D eigenvalue weighted by Crippen LogP contribution is 2.21. The van der Waals surface area contributed by atoms with Crippen molar-refractivity contribution in [3.8, 4) is 0 Å². The first kappa shape index (κ1) is 22.3. The summed E-state index contributed by atoms with van der Waals surface area (Å²) >= 11 is 0. The van der Waals surface area contributed by atoms with Gasteiger partial charge in [-0.2, -0.15) is 18.4 Å². The summed E-state index contributed by atoms with van der Waals surface area (Å²) in [5.74, 6) is 1.90. The number of nitrogens with zero attached hydrogens (tertiary/aromatic N) is 4.